The molecule has 3 rings (SSSR count). The van der Waals surface area contributed by atoms with Gasteiger partial charge in [0.15, 0.2) is 6.67 Å². The van der Waals surface area contributed by atoms with Crippen LogP contribution in [0.25, 0.3) is 0 Å². The molecule has 2 saturated heterocycles. The molecule has 2 aliphatic heterocycles. The lowest BCUT2D eigenvalue weighted by Gasteiger charge is -2.31. The number of imide groups is 1. The van der Waals surface area contributed by atoms with Gasteiger partial charge in [0.25, 0.3) is 5.91 Å². The van der Waals surface area contributed by atoms with Gasteiger partial charge in [-0.25, -0.2) is 9.69 Å². The number of quaternary nitrogens is 1. The minimum atomic E-state index is -0.607. The van der Waals surface area contributed by atoms with Crippen LogP contribution < -0.4 is 10.2 Å². The predicted octanol–water partition coefficient (Wildman–Crippen LogP) is -0.762. The second-order valence-corrected chi connectivity index (χ2v) is 6.45. The first-order valence-corrected chi connectivity index (χ1v) is 7.76. The molecule has 3 N–H and O–H groups in total. The highest BCUT2D eigenvalue weighted by atomic mass is 16.3. The van der Waals surface area contributed by atoms with E-state index < -0.39 is 5.54 Å². The number of amides is 3. The Kier molecular flexibility index (Phi) is 3.69. The maximum atomic E-state index is 12.6. The highest BCUT2D eigenvalue weighted by Gasteiger charge is 2.52. The Labute approximate surface area is 119 Å². The van der Waals surface area contributed by atoms with Crippen LogP contribution in [0.1, 0.15) is 44.9 Å². The maximum Gasteiger partial charge on any atom is 0.329 e. The number of aliphatic hydroxyl groups excluding tert-OH is 1. The number of hydrogen-bond acceptors (Lipinski definition) is 3. The van der Waals surface area contributed by atoms with Crippen molar-refractivity contribution in [2.75, 3.05) is 19.8 Å². The van der Waals surface area contributed by atoms with Crippen LogP contribution in [0, 0.1) is 0 Å². The van der Waals surface area contributed by atoms with Crippen LogP contribution in [-0.4, -0.2) is 53.3 Å². The molecule has 0 aromatic carbocycles. The highest BCUT2D eigenvalue weighted by Crippen LogP contribution is 2.33. The zero-order valence-electron chi connectivity index (χ0n) is 11.9. The standard InChI is InChI=1S/C14H23N3O3/c18-11-4-8-16(9-5-11)10-17-12(19)14(15-13(17)20)6-2-1-3-7-14/h11,18H,1-10H2,(H,15,20)/p+1. The summed E-state index contributed by atoms with van der Waals surface area (Å²) in [6.45, 7) is 2.09. The van der Waals surface area contributed by atoms with Crippen molar-refractivity contribution in [3.05, 3.63) is 0 Å². The van der Waals surface area contributed by atoms with Crippen molar-refractivity contribution < 1.29 is 19.6 Å². The Bertz CT molecular complexity index is 398. The van der Waals surface area contributed by atoms with Crippen molar-refractivity contribution in [1.82, 2.24) is 10.2 Å². The number of hydrogen-bond donors (Lipinski definition) is 3. The van der Waals surface area contributed by atoms with Crippen LogP contribution in [0.15, 0.2) is 0 Å². The number of piperidine rings is 1. The largest absolute Gasteiger partial charge is 0.393 e. The van der Waals surface area contributed by atoms with Gasteiger partial charge in [-0.3, -0.25) is 4.79 Å². The Balaban J connectivity index is 1.65. The maximum absolute atomic E-state index is 12.6. The van der Waals surface area contributed by atoms with Crippen LogP contribution in [0.3, 0.4) is 0 Å². The zero-order chi connectivity index (χ0) is 14.2. The van der Waals surface area contributed by atoms with Crippen LogP contribution in [-0.2, 0) is 4.79 Å². The molecule has 6 nitrogen and oxygen atoms in total. The van der Waals surface area contributed by atoms with Crippen LogP contribution in [0.5, 0.6) is 0 Å². The average molecular weight is 282 g/mol. The summed E-state index contributed by atoms with van der Waals surface area (Å²) in [5.41, 5.74) is -0.607. The van der Waals surface area contributed by atoms with Gasteiger partial charge in [0.1, 0.15) is 5.54 Å². The van der Waals surface area contributed by atoms with Crippen LogP contribution >= 0.6 is 0 Å². The molecule has 6 heteroatoms. The molecule has 0 aromatic heterocycles. The number of urea groups is 1. The van der Waals surface area contributed by atoms with Crippen molar-refractivity contribution in [3.63, 3.8) is 0 Å². The third-order valence-electron chi connectivity index (χ3n) is 5.00. The van der Waals surface area contributed by atoms with Gasteiger partial charge in [-0.05, 0) is 12.8 Å². The molecule has 0 radical (unpaired) electrons. The SMILES string of the molecule is O=C1NC2(CCCCC2)C(=O)N1C[NH+]1CCC(O)CC1. The predicted molar refractivity (Wildman–Crippen MR) is 72.0 cm³/mol. The lowest BCUT2D eigenvalue weighted by atomic mass is 9.82. The van der Waals surface area contributed by atoms with Gasteiger partial charge < -0.3 is 15.3 Å². The number of aliphatic hydroxyl groups is 1. The number of nitrogens with zero attached hydrogens (tertiary/aromatic N) is 1. The zero-order valence-corrected chi connectivity index (χ0v) is 11.9. The Morgan fingerprint density at radius 2 is 1.85 bits per heavy atom. The minimum absolute atomic E-state index is 0.0270. The first-order chi connectivity index (χ1) is 9.61. The highest BCUT2D eigenvalue weighted by molar-refractivity contribution is 6.06. The number of rotatable bonds is 2. The van der Waals surface area contributed by atoms with Gasteiger partial charge in [-0.1, -0.05) is 19.3 Å². The average Bonchev–Trinajstić information content (AvgIpc) is 2.67. The summed E-state index contributed by atoms with van der Waals surface area (Å²) in [5.74, 6) is -0.0270. The van der Waals surface area contributed by atoms with E-state index >= 15 is 0 Å². The molecule has 0 unspecified atom stereocenters. The molecular formula is C14H24N3O3+. The van der Waals surface area contributed by atoms with Crippen molar-refractivity contribution in [2.45, 2.75) is 56.6 Å². The summed E-state index contributed by atoms with van der Waals surface area (Å²) < 4.78 is 0. The number of carbonyl (C=O) groups is 2. The molecule has 3 amide bonds. The van der Waals surface area contributed by atoms with Gasteiger partial charge >= 0.3 is 6.03 Å². The van der Waals surface area contributed by atoms with Crippen molar-refractivity contribution >= 4 is 11.9 Å². The fraction of sp³-hybridized carbons (Fsp3) is 0.857. The van der Waals surface area contributed by atoms with Crippen molar-refractivity contribution in [2.24, 2.45) is 0 Å². The quantitative estimate of drug-likeness (QED) is 0.583. The second-order valence-electron chi connectivity index (χ2n) is 6.45. The van der Waals surface area contributed by atoms with E-state index in [-0.39, 0.29) is 18.0 Å². The Morgan fingerprint density at radius 1 is 1.20 bits per heavy atom. The molecule has 0 atom stereocenters. The first kappa shape index (κ1) is 13.8. The molecule has 2 heterocycles. The summed E-state index contributed by atoms with van der Waals surface area (Å²) in [6.07, 6.45) is 6.04. The lowest BCUT2D eigenvalue weighted by molar-refractivity contribution is -0.913. The molecule has 3 fully saturated rings. The molecule has 20 heavy (non-hydrogen) atoms. The normalized spacial score (nSPS) is 33.5. The number of nitrogens with one attached hydrogen (secondary N) is 2. The van der Waals surface area contributed by atoms with Gasteiger partial charge in [0.05, 0.1) is 19.2 Å². The molecule has 0 bridgehead atoms. The van der Waals surface area contributed by atoms with E-state index in [1.807, 2.05) is 0 Å². The third kappa shape index (κ3) is 2.42. The molecule has 112 valence electrons. The number of carbonyl (C=O) groups excluding carboxylic acids is 2. The molecule has 1 saturated carbocycles. The number of likely N-dealkylation sites (tertiary alicyclic amines) is 1. The smallest absolute Gasteiger partial charge is 0.329 e. The third-order valence-corrected chi connectivity index (χ3v) is 5.00. The van der Waals surface area contributed by atoms with Gasteiger partial charge in [0.2, 0.25) is 0 Å². The summed E-state index contributed by atoms with van der Waals surface area (Å²) in [6, 6.07) is -0.226. The fourth-order valence-corrected chi connectivity index (χ4v) is 3.71. The van der Waals surface area contributed by atoms with E-state index in [0.29, 0.717) is 6.67 Å². The van der Waals surface area contributed by atoms with Crippen LogP contribution in [0.2, 0.25) is 0 Å². The molecule has 1 spiro atoms. The molecule has 3 aliphatic rings. The van der Waals surface area contributed by atoms with Crippen LogP contribution in [0.4, 0.5) is 4.79 Å². The van der Waals surface area contributed by atoms with E-state index in [0.717, 1.165) is 58.0 Å². The van der Waals surface area contributed by atoms with E-state index in [9.17, 15) is 14.7 Å². The monoisotopic (exact) mass is 282 g/mol. The summed E-state index contributed by atoms with van der Waals surface area (Å²) >= 11 is 0. The Morgan fingerprint density at radius 3 is 2.50 bits per heavy atom. The van der Waals surface area contributed by atoms with Gasteiger partial charge in [-0.2, -0.15) is 0 Å². The van der Waals surface area contributed by atoms with Crippen molar-refractivity contribution in [1.29, 1.82) is 0 Å². The fourth-order valence-electron chi connectivity index (χ4n) is 3.71. The minimum Gasteiger partial charge on any atom is -0.393 e. The van der Waals surface area contributed by atoms with E-state index in [2.05, 4.69) is 5.32 Å². The first-order valence-electron chi connectivity index (χ1n) is 7.76. The Hall–Kier alpha value is -1.14. The van der Waals surface area contributed by atoms with E-state index in [1.165, 1.54) is 9.80 Å². The molecule has 1 aliphatic carbocycles. The molecular weight excluding hydrogens is 258 g/mol. The second kappa shape index (κ2) is 5.33. The van der Waals surface area contributed by atoms with Crippen molar-refractivity contribution in [3.8, 4) is 0 Å². The van der Waals surface area contributed by atoms with Gasteiger partial charge in [-0.15, -0.1) is 0 Å². The summed E-state index contributed by atoms with van der Waals surface area (Å²) in [5, 5.41) is 12.5. The van der Waals surface area contributed by atoms with Gasteiger partial charge in [0, 0.05) is 12.8 Å². The lowest BCUT2D eigenvalue weighted by Crippen LogP contribution is -3.14. The summed E-state index contributed by atoms with van der Waals surface area (Å²) in [7, 11) is 0. The van der Waals surface area contributed by atoms with E-state index in [1.54, 1.807) is 0 Å². The topological polar surface area (TPSA) is 74.1 Å². The summed E-state index contributed by atoms with van der Waals surface area (Å²) in [4.78, 5) is 27.4. The van der Waals surface area contributed by atoms with E-state index in [4.69, 9.17) is 0 Å². The molecule has 0 aromatic rings.